The van der Waals surface area contributed by atoms with E-state index in [9.17, 15) is 14.0 Å². The highest BCUT2D eigenvalue weighted by Gasteiger charge is 2.24. The fraction of sp³-hybridized carbons (Fsp3) is 0.312. The minimum atomic E-state index is -0.917. The molecule has 2 heterocycles. The van der Waals surface area contributed by atoms with E-state index in [1.807, 2.05) is 0 Å². The molecule has 132 valence electrons. The highest BCUT2D eigenvalue weighted by molar-refractivity contribution is 7.18. The van der Waals surface area contributed by atoms with E-state index in [-0.39, 0.29) is 28.1 Å². The molecule has 0 unspecified atom stereocenters. The molecule has 7 nitrogen and oxygen atoms in total. The number of carboxylic acid groups (broad SMARTS) is 1. The van der Waals surface area contributed by atoms with Gasteiger partial charge in [-0.1, -0.05) is 23.5 Å². The van der Waals surface area contributed by atoms with Crippen molar-refractivity contribution in [3.63, 3.8) is 0 Å². The van der Waals surface area contributed by atoms with E-state index >= 15 is 0 Å². The van der Waals surface area contributed by atoms with Gasteiger partial charge in [-0.25, -0.2) is 14.2 Å². The van der Waals surface area contributed by atoms with Crippen LogP contribution in [-0.4, -0.2) is 46.0 Å². The summed E-state index contributed by atoms with van der Waals surface area (Å²) in [5.41, 5.74) is 6.06. The van der Waals surface area contributed by atoms with Gasteiger partial charge in [0.1, 0.15) is 16.5 Å². The third-order valence-electron chi connectivity index (χ3n) is 4.04. The van der Waals surface area contributed by atoms with E-state index in [1.165, 1.54) is 23.1 Å². The minimum absolute atomic E-state index is 0.0678. The summed E-state index contributed by atoms with van der Waals surface area (Å²) >= 11 is 1.12. The van der Waals surface area contributed by atoms with Crippen LogP contribution in [0.3, 0.4) is 0 Å². The number of carbonyl (C=O) groups is 2. The molecule has 0 bridgehead atoms. The first-order valence-corrected chi connectivity index (χ1v) is 8.56. The lowest BCUT2D eigenvalue weighted by Gasteiger charge is -2.30. The van der Waals surface area contributed by atoms with Crippen molar-refractivity contribution in [1.82, 2.24) is 9.88 Å². The summed E-state index contributed by atoms with van der Waals surface area (Å²) in [7, 11) is 0. The monoisotopic (exact) mass is 364 g/mol. The first-order valence-electron chi connectivity index (χ1n) is 7.75. The van der Waals surface area contributed by atoms with Gasteiger partial charge in [0.2, 0.25) is 5.78 Å². The Balaban J connectivity index is 1.69. The second-order valence-electron chi connectivity index (χ2n) is 5.76. The standard InChI is InChI=1S/C16H17FN4O3S/c17-10-3-1-2-9(8-10)12(22)13-14(18)20-15(25-13)19-11-4-6-21(7-5-11)16(23)24/h1-3,8,11H,4-7,18H2,(H,19,20)(H,23,24). The number of likely N-dealkylation sites (tertiary alicyclic amines) is 1. The first-order chi connectivity index (χ1) is 11.9. The normalized spacial score (nSPS) is 15.2. The number of rotatable bonds is 4. The molecule has 25 heavy (non-hydrogen) atoms. The number of aromatic nitrogens is 1. The highest BCUT2D eigenvalue weighted by atomic mass is 32.1. The third-order valence-corrected chi connectivity index (χ3v) is 5.04. The van der Waals surface area contributed by atoms with Gasteiger partial charge in [0.25, 0.3) is 0 Å². The number of halogens is 1. The maximum absolute atomic E-state index is 13.3. The van der Waals surface area contributed by atoms with Gasteiger partial charge in [-0.15, -0.1) is 0 Å². The fourth-order valence-corrected chi connectivity index (χ4v) is 3.63. The lowest BCUT2D eigenvalue weighted by molar-refractivity contribution is 0.104. The first kappa shape index (κ1) is 17.2. The predicted octanol–water partition coefficient (Wildman–Crippen LogP) is 2.65. The van der Waals surface area contributed by atoms with Crippen molar-refractivity contribution in [3.8, 4) is 0 Å². The topological polar surface area (TPSA) is 109 Å². The molecule has 1 saturated heterocycles. The highest BCUT2D eigenvalue weighted by Crippen LogP contribution is 2.29. The number of hydrogen-bond acceptors (Lipinski definition) is 6. The number of carbonyl (C=O) groups excluding carboxylic acids is 1. The lowest BCUT2D eigenvalue weighted by atomic mass is 10.1. The zero-order valence-electron chi connectivity index (χ0n) is 13.2. The number of nitrogens with zero attached hydrogens (tertiary/aromatic N) is 2. The van der Waals surface area contributed by atoms with E-state index in [4.69, 9.17) is 10.8 Å². The van der Waals surface area contributed by atoms with Crippen LogP contribution in [0.25, 0.3) is 0 Å². The van der Waals surface area contributed by atoms with Crippen molar-refractivity contribution in [2.24, 2.45) is 0 Å². The van der Waals surface area contributed by atoms with Gasteiger partial charge in [0.15, 0.2) is 5.13 Å². The van der Waals surface area contributed by atoms with Gasteiger partial charge in [0.05, 0.1) is 0 Å². The molecule has 1 aliphatic rings. The predicted molar refractivity (Wildman–Crippen MR) is 92.6 cm³/mol. The molecular formula is C16H17FN4O3S. The zero-order valence-corrected chi connectivity index (χ0v) is 14.1. The van der Waals surface area contributed by atoms with Gasteiger partial charge in [0, 0.05) is 24.7 Å². The second-order valence-corrected chi connectivity index (χ2v) is 6.76. The number of ketones is 1. The molecular weight excluding hydrogens is 347 g/mol. The summed E-state index contributed by atoms with van der Waals surface area (Å²) in [6, 6.07) is 5.49. The molecule has 0 aliphatic carbocycles. The molecule has 9 heteroatoms. The van der Waals surface area contributed by atoms with Crippen LogP contribution in [0, 0.1) is 5.82 Å². The quantitative estimate of drug-likeness (QED) is 0.720. The molecule has 0 atom stereocenters. The summed E-state index contributed by atoms with van der Waals surface area (Å²) in [5, 5.41) is 12.7. The average Bonchev–Trinajstić information content (AvgIpc) is 2.95. The van der Waals surface area contributed by atoms with Gasteiger partial charge in [-0.2, -0.15) is 0 Å². The van der Waals surface area contributed by atoms with Gasteiger partial charge < -0.3 is 21.1 Å². The van der Waals surface area contributed by atoms with Gasteiger partial charge >= 0.3 is 6.09 Å². The van der Waals surface area contributed by atoms with Crippen LogP contribution < -0.4 is 11.1 Å². The van der Waals surface area contributed by atoms with E-state index in [0.717, 1.165) is 17.4 Å². The maximum atomic E-state index is 13.3. The lowest BCUT2D eigenvalue weighted by Crippen LogP contribution is -2.41. The Morgan fingerprint density at radius 3 is 2.72 bits per heavy atom. The van der Waals surface area contributed by atoms with Crippen LogP contribution in [0.15, 0.2) is 24.3 Å². The summed E-state index contributed by atoms with van der Waals surface area (Å²) in [6.45, 7) is 0.895. The number of nitrogens with two attached hydrogens (primary N) is 1. The summed E-state index contributed by atoms with van der Waals surface area (Å²) < 4.78 is 13.3. The van der Waals surface area contributed by atoms with Crippen molar-refractivity contribution in [2.45, 2.75) is 18.9 Å². The molecule has 1 aromatic heterocycles. The molecule has 1 aliphatic heterocycles. The van der Waals surface area contributed by atoms with Crippen LogP contribution in [0.1, 0.15) is 28.1 Å². The Kier molecular flexibility index (Phi) is 4.84. The largest absolute Gasteiger partial charge is 0.465 e. The fourth-order valence-electron chi connectivity index (χ4n) is 2.71. The summed E-state index contributed by atoms with van der Waals surface area (Å²) in [4.78, 5) is 29.2. The van der Waals surface area contributed by atoms with Crippen molar-refractivity contribution in [1.29, 1.82) is 0 Å². The number of anilines is 2. The number of thiazole rings is 1. The Hall–Kier alpha value is -2.68. The van der Waals surface area contributed by atoms with Crippen LogP contribution in [0.5, 0.6) is 0 Å². The van der Waals surface area contributed by atoms with Crippen LogP contribution in [0.2, 0.25) is 0 Å². The molecule has 0 spiro atoms. The van der Waals surface area contributed by atoms with Crippen LogP contribution in [0.4, 0.5) is 20.1 Å². The molecule has 1 fully saturated rings. The number of nitrogen functional groups attached to an aromatic ring is 1. The number of amides is 1. The van der Waals surface area contributed by atoms with Gasteiger partial charge in [-0.3, -0.25) is 4.79 Å². The molecule has 0 radical (unpaired) electrons. The Labute approximate surface area is 147 Å². The minimum Gasteiger partial charge on any atom is -0.465 e. The molecule has 4 N–H and O–H groups in total. The average molecular weight is 364 g/mol. The smallest absolute Gasteiger partial charge is 0.407 e. The van der Waals surface area contributed by atoms with Crippen molar-refractivity contribution < 1.29 is 19.1 Å². The van der Waals surface area contributed by atoms with Crippen molar-refractivity contribution >= 4 is 34.2 Å². The van der Waals surface area contributed by atoms with Crippen LogP contribution >= 0.6 is 11.3 Å². The summed E-state index contributed by atoms with van der Waals surface area (Å²) in [5.74, 6) is -0.759. The number of benzene rings is 1. The zero-order chi connectivity index (χ0) is 18.0. The van der Waals surface area contributed by atoms with Gasteiger partial charge in [-0.05, 0) is 25.0 Å². The Morgan fingerprint density at radius 2 is 2.08 bits per heavy atom. The number of hydrogen-bond donors (Lipinski definition) is 3. The van der Waals surface area contributed by atoms with E-state index < -0.39 is 11.9 Å². The molecule has 1 amide bonds. The second kappa shape index (κ2) is 7.06. The van der Waals surface area contributed by atoms with E-state index in [0.29, 0.717) is 31.1 Å². The number of piperidine rings is 1. The summed E-state index contributed by atoms with van der Waals surface area (Å²) in [6.07, 6.45) is 0.387. The van der Waals surface area contributed by atoms with Crippen LogP contribution in [-0.2, 0) is 0 Å². The van der Waals surface area contributed by atoms with Crippen molar-refractivity contribution in [3.05, 3.63) is 40.5 Å². The van der Waals surface area contributed by atoms with E-state index in [2.05, 4.69) is 10.3 Å². The van der Waals surface area contributed by atoms with Crippen molar-refractivity contribution in [2.75, 3.05) is 24.1 Å². The SMILES string of the molecule is Nc1nc(NC2CCN(C(=O)O)CC2)sc1C(=O)c1cccc(F)c1. The molecule has 1 aromatic carbocycles. The molecule has 0 saturated carbocycles. The molecule has 2 aromatic rings. The number of nitrogens with one attached hydrogen (secondary N) is 1. The Morgan fingerprint density at radius 1 is 1.36 bits per heavy atom. The van der Waals surface area contributed by atoms with E-state index in [1.54, 1.807) is 0 Å². The maximum Gasteiger partial charge on any atom is 0.407 e. The Bertz CT molecular complexity index is 802. The molecule has 3 rings (SSSR count). The third kappa shape index (κ3) is 3.87.